The predicted octanol–water partition coefficient (Wildman–Crippen LogP) is 3.90. The Morgan fingerprint density at radius 3 is 2.23 bits per heavy atom. The molecule has 0 saturated carbocycles. The molecule has 0 bridgehead atoms. The van der Waals surface area contributed by atoms with E-state index in [0.29, 0.717) is 0 Å². The van der Waals surface area contributed by atoms with Crippen LogP contribution in [0.3, 0.4) is 0 Å². The van der Waals surface area contributed by atoms with Gasteiger partial charge in [0.05, 0.1) is 0 Å². The van der Waals surface area contributed by atoms with Crippen molar-refractivity contribution in [2.24, 2.45) is 0 Å². The quantitative estimate of drug-likeness (QED) is 0.508. The summed E-state index contributed by atoms with van der Waals surface area (Å²) in [6.07, 6.45) is 10.8. The second-order valence-corrected chi connectivity index (χ2v) is 3.71. The van der Waals surface area contributed by atoms with Gasteiger partial charge in [-0.1, -0.05) is 52.4 Å². The molecule has 0 saturated heterocycles. The maximum atomic E-state index is 3.35. The van der Waals surface area contributed by atoms with Crippen LogP contribution in [0.1, 0.15) is 65.2 Å². The molecule has 0 spiro atoms. The maximum Gasteiger partial charge on any atom is 0.0221 e. The first-order valence-electron chi connectivity index (χ1n) is 5.96. The molecule has 0 fully saturated rings. The van der Waals surface area contributed by atoms with Gasteiger partial charge in [-0.05, 0) is 19.4 Å². The van der Waals surface area contributed by atoms with E-state index in [4.69, 9.17) is 0 Å². The van der Waals surface area contributed by atoms with Crippen LogP contribution in [0.4, 0.5) is 0 Å². The van der Waals surface area contributed by atoms with Crippen LogP contribution in [0.15, 0.2) is 0 Å². The SMILES string of the molecule is CCC[CH]NCCCCCCCC. The maximum absolute atomic E-state index is 3.35. The Hall–Kier alpha value is -0.0400. The predicted molar refractivity (Wildman–Crippen MR) is 60.6 cm³/mol. The Balaban J connectivity index is 2.76. The molecule has 79 valence electrons. The van der Waals surface area contributed by atoms with Crippen LogP contribution in [0.5, 0.6) is 0 Å². The fourth-order valence-electron chi connectivity index (χ4n) is 1.36. The number of hydrogen-bond acceptors (Lipinski definition) is 1. The molecule has 0 aromatic heterocycles. The molecule has 0 aromatic rings. The van der Waals surface area contributed by atoms with Gasteiger partial charge >= 0.3 is 0 Å². The number of nitrogens with one attached hydrogen (secondary N) is 1. The largest absolute Gasteiger partial charge is 0.312 e. The second kappa shape index (κ2) is 12.0. The van der Waals surface area contributed by atoms with Gasteiger partial charge in [-0.3, -0.25) is 0 Å². The molecule has 0 amide bonds. The summed E-state index contributed by atoms with van der Waals surface area (Å²) >= 11 is 0. The van der Waals surface area contributed by atoms with Crippen LogP contribution in [0.25, 0.3) is 0 Å². The smallest absolute Gasteiger partial charge is 0.0221 e. The van der Waals surface area contributed by atoms with Crippen LogP contribution in [0, 0.1) is 6.54 Å². The van der Waals surface area contributed by atoms with E-state index >= 15 is 0 Å². The Morgan fingerprint density at radius 2 is 1.54 bits per heavy atom. The van der Waals surface area contributed by atoms with Crippen molar-refractivity contribution in [2.45, 2.75) is 65.2 Å². The standard InChI is InChI=1S/C12H26N/c1-3-5-7-8-9-10-12-13-11-6-4-2/h11,13H,3-10,12H2,1-2H3. The van der Waals surface area contributed by atoms with E-state index in [1.807, 2.05) is 0 Å². The van der Waals surface area contributed by atoms with Crippen molar-refractivity contribution in [2.75, 3.05) is 6.54 Å². The summed E-state index contributed by atoms with van der Waals surface area (Å²) in [6, 6.07) is 0. The van der Waals surface area contributed by atoms with Gasteiger partial charge in [0.2, 0.25) is 0 Å². The highest BCUT2D eigenvalue weighted by atomic mass is 14.8. The van der Waals surface area contributed by atoms with Crippen molar-refractivity contribution in [3.05, 3.63) is 6.54 Å². The van der Waals surface area contributed by atoms with Gasteiger partial charge in [0.1, 0.15) is 0 Å². The molecular formula is C12H26N. The third kappa shape index (κ3) is 12.0. The van der Waals surface area contributed by atoms with Crippen molar-refractivity contribution in [3.8, 4) is 0 Å². The molecule has 1 N–H and O–H groups in total. The van der Waals surface area contributed by atoms with E-state index in [2.05, 4.69) is 25.7 Å². The van der Waals surface area contributed by atoms with Gasteiger partial charge in [0.25, 0.3) is 0 Å². The van der Waals surface area contributed by atoms with Crippen LogP contribution >= 0.6 is 0 Å². The Bertz CT molecular complexity index is 71.2. The third-order valence-electron chi connectivity index (χ3n) is 2.25. The second-order valence-electron chi connectivity index (χ2n) is 3.71. The molecule has 0 aliphatic rings. The summed E-state index contributed by atoms with van der Waals surface area (Å²) in [7, 11) is 0. The van der Waals surface area contributed by atoms with E-state index in [1.165, 1.54) is 57.9 Å². The lowest BCUT2D eigenvalue weighted by Crippen LogP contribution is -2.11. The van der Waals surface area contributed by atoms with E-state index in [-0.39, 0.29) is 0 Å². The molecule has 1 nitrogen and oxygen atoms in total. The highest BCUT2D eigenvalue weighted by Gasteiger charge is 1.89. The van der Waals surface area contributed by atoms with Gasteiger partial charge < -0.3 is 5.32 Å². The molecule has 0 aliphatic carbocycles. The first-order chi connectivity index (χ1) is 6.41. The lowest BCUT2D eigenvalue weighted by atomic mass is 10.1. The summed E-state index contributed by atoms with van der Waals surface area (Å²) in [5.41, 5.74) is 0. The van der Waals surface area contributed by atoms with Crippen LogP contribution in [-0.4, -0.2) is 6.54 Å². The van der Waals surface area contributed by atoms with Crippen LogP contribution in [-0.2, 0) is 0 Å². The first kappa shape index (κ1) is 13.0. The summed E-state index contributed by atoms with van der Waals surface area (Å²) in [6.45, 7) is 7.85. The summed E-state index contributed by atoms with van der Waals surface area (Å²) in [4.78, 5) is 0. The van der Waals surface area contributed by atoms with Gasteiger partial charge in [-0.2, -0.15) is 0 Å². The van der Waals surface area contributed by atoms with Gasteiger partial charge in [0.15, 0.2) is 0 Å². The first-order valence-corrected chi connectivity index (χ1v) is 5.96. The Labute approximate surface area is 84.3 Å². The molecular weight excluding hydrogens is 158 g/mol. The average molecular weight is 184 g/mol. The van der Waals surface area contributed by atoms with Crippen molar-refractivity contribution < 1.29 is 0 Å². The summed E-state index contributed by atoms with van der Waals surface area (Å²) < 4.78 is 0. The van der Waals surface area contributed by atoms with Gasteiger partial charge in [0, 0.05) is 6.54 Å². The van der Waals surface area contributed by atoms with E-state index in [0.717, 1.165) is 0 Å². The highest BCUT2D eigenvalue weighted by molar-refractivity contribution is 4.60. The van der Waals surface area contributed by atoms with Crippen molar-refractivity contribution in [1.29, 1.82) is 0 Å². The Morgan fingerprint density at radius 1 is 0.846 bits per heavy atom. The van der Waals surface area contributed by atoms with Crippen molar-refractivity contribution in [3.63, 3.8) is 0 Å². The zero-order valence-electron chi connectivity index (χ0n) is 9.44. The summed E-state index contributed by atoms with van der Waals surface area (Å²) in [5.74, 6) is 0. The average Bonchev–Trinajstić information content (AvgIpc) is 2.16. The fraction of sp³-hybridized carbons (Fsp3) is 0.917. The van der Waals surface area contributed by atoms with Crippen LogP contribution in [0.2, 0.25) is 0 Å². The van der Waals surface area contributed by atoms with Crippen LogP contribution < -0.4 is 5.32 Å². The monoisotopic (exact) mass is 184 g/mol. The number of hydrogen-bond donors (Lipinski definition) is 1. The Kier molecular flexibility index (Phi) is 11.9. The highest BCUT2D eigenvalue weighted by Crippen LogP contribution is 2.04. The minimum absolute atomic E-state index is 1.17. The van der Waals surface area contributed by atoms with E-state index < -0.39 is 0 Å². The number of unbranched alkanes of at least 4 members (excludes halogenated alkanes) is 6. The topological polar surface area (TPSA) is 12.0 Å². The molecule has 0 atom stereocenters. The van der Waals surface area contributed by atoms with Crippen molar-refractivity contribution in [1.82, 2.24) is 5.32 Å². The van der Waals surface area contributed by atoms with Crippen molar-refractivity contribution >= 4 is 0 Å². The van der Waals surface area contributed by atoms with E-state index in [9.17, 15) is 0 Å². The van der Waals surface area contributed by atoms with E-state index in [1.54, 1.807) is 0 Å². The zero-order chi connectivity index (χ0) is 9.78. The third-order valence-corrected chi connectivity index (χ3v) is 2.25. The number of rotatable bonds is 10. The van der Waals surface area contributed by atoms with Gasteiger partial charge in [-0.15, -0.1) is 0 Å². The normalized spacial score (nSPS) is 10.6. The molecule has 0 rings (SSSR count). The molecule has 0 aliphatic heterocycles. The summed E-state index contributed by atoms with van der Waals surface area (Å²) in [5, 5.41) is 3.35. The minimum Gasteiger partial charge on any atom is -0.312 e. The minimum atomic E-state index is 1.17. The lowest BCUT2D eigenvalue weighted by molar-refractivity contribution is 0.585. The van der Waals surface area contributed by atoms with Gasteiger partial charge in [-0.25, -0.2) is 0 Å². The zero-order valence-corrected chi connectivity index (χ0v) is 9.44. The lowest BCUT2D eigenvalue weighted by Gasteiger charge is -2.02. The molecule has 13 heavy (non-hydrogen) atoms. The molecule has 1 heteroatoms. The fourth-order valence-corrected chi connectivity index (χ4v) is 1.36. The molecule has 1 radical (unpaired) electrons. The molecule has 0 heterocycles. The molecule has 0 unspecified atom stereocenters. The molecule has 0 aromatic carbocycles.